The van der Waals surface area contributed by atoms with Crippen molar-refractivity contribution in [2.24, 2.45) is 0 Å². The average Bonchev–Trinajstić information content (AvgIpc) is 2.33. The molecule has 98 valence electrons. The Morgan fingerprint density at radius 2 is 2.00 bits per heavy atom. The van der Waals surface area contributed by atoms with E-state index in [2.05, 4.69) is 21.2 Å². The third-order valence-electron chi connectivity index (χ3n) is 2.69. The summed E-state index contributed by atoms with van der Waals surface area (Å²) in [6, 6.07) is 9.51. The number of amides is 1. The van der Waals surface area contributed by atoms with Gasteiger partial charge >= 0.3 is 0 Å². The topological polar surface area (TPSA) is 55.1 Å². The number of halogens is 2. The van der Waals surface area contributed by atoms with Crippen molar-refractivity contribution < 1.29 is 9.18 Å². The molecule has 1 amide bonds. The molecular weight excluding hydrogens is 311 g/mol. The molecule has 3 nitrogen and oxygen atoms in total. The van der Waals surface area contributed by atoms with Crippen LogP contribution in [0.15, 0.2) is 40.9 Å². The highest BCUT2D eigenvalue weighted by atomic mass is 79.9. The predicted molar refractivity (Wildman–Crippen MR) is 77.6 cm³/mol. The minimum Gasteiger partial charge on any atom is -0.396 e. The number of carbonyl (C=O) groups is 1. The highest BCUT2D eigenvalue weighted by Crippen LogP contribution is 2.19. The molecular formula is C14H12BrFN2O. The fourth-order valence-electron chi connectivity index (χ4n) is 1.69. The zero-order valence-corrected chi connectivity index (χ0v) is 11.8. The standard InChI is InChI=1S/C14H12BrFN2O/c1-8-6-9(15)2-4-11(8)14(19)18-10-3-5-13(17)12(16)7-10/h2-7H,17H2,1H3,(H,18,19). The Morgan fingerprint density at radius 3 is 2.63 bits per heavy atom. The first-order chi connectivity index (χ1) is 8.97. The van der Waals surface area contributed by atoms with Gasteiger partial charge in [0.25, 0.3) is 5.91 Å². The van der Waals surface area contributed by atoms with Gasteiger partial charge in [-0.1, -0.05) is 15.9 Å². The van der Waals surface area contributed by atoms with Crippen molar-refractivity contribution in [2.45, 2.75) is 6.92 Å². The number of aryl methyl sites for hydroxylation is 1. The normalized spacial score (nSPS) is 10.3. The van der Waals surface area contributed by atoms with Crippen LogP contribution in [0.25, 0.3) is 0 Å². The van der Waals surface area contributed by atoms with Gasteiger partial charge < -0.3 is 11.1 Å². The van der Waals surface area contributed by atoms with E-state index in [-0.39, 0.29) is 11.6 Å². The van der Waals surface area contributed by atoms with E-state index in [1.54, 1.807) is 18.2 Å². The van der Waals surface area contributed by atoms with Gasteiger partial charge in [0.1, 0.15) is 5.82 Å². The number of carbonyl (C=O) groups excluding carboxylic acids is 1. The number of hydrogen-bond donors (Lipinski definition) is 2. The number of hydrogen-bond acceptors (Lipinski definition) is 2. The van der Waals surface area contributed by atoms with E-state index in [0.29, 0.717) is 11.3 Å². The lowest BCUT2D eigenvalue weighted by Crippen LogP contribution is -2.13. The number of nitrogens with one attached hydrogen (secondary N) is 1. The molecule has 3 N–H and O–H groups in total. The lowest BCUT2D eigenvalue weighted by Gasteiger charge is -2.08. The smallest absolute Gasteiger partial charge is 0.255 e. The van der Waals surface area contributed by atoms with Gasteiger partial charge in [0.05, 0.1) is 5.69 Å². The molecule has 0 fully saturated rings. The molecule has 0 saturated carbocycles. The van der Waals surface area contributed by atoms with Crippen LogP contribution >= 0.6 is 15.9 Å². The van der Waals surface area contributed by atoms with Gasteiger partial charge in [-0.05, 0) is 48.9 Å². The molecule has 2 rings (SSSR count). The van der Waals surface area contributed by atoms with Crippen LogP contribution in [0, 0.1) is 12.7 Å². The summed E-state index contributed by atoms with van der Waals surface area (Å²) in [7, 11) is 0. The largest absolute Gasteiger partial charge is 0.396 e. The molecule has 0 spiro atoms. The Balaban J connectivity index is 2.23. The van der Waals surface area contributed by atoms with Crippen molar-refractivity contribution >= 4 is 33.2 Å². The maximum atomic E-state index is 13.3. The molecule has 0 unspecified atom stereocenters. The lowest BCUT2D eigenvalue weighted by molar-refractivity contribution is 0.102. The summed E-state index contributed by atoms with van der Waals surface area (Å²) >= 11 is 3.33. The molecule has 0 heterocycles. The minimum absolute atomic E-state index is 0.0535. The highest BCUT2D eigenvalue weighted by molar-refractivity contribution is 9.10. The minimum atomic E-state index is -0.551. The fourth-order valence-corrected chi connectivity index (χ4v) is 2.16. The van der Waals surface area contributed by atoms with E-state index < -0.39 is 5.82 Å². The van der Waals surface area contributed by atoms with E-state index >= 15 is 0 Å². The summed E-state index contributed by atoms with van der Waals surface area (Å²) in [5.41, 5.74) is 7.18. The summed E-state index contributed by atoms with van der Waals surface area (Å²) in [5.74, 6) is -0.834. The molecule has 0 aliphatic carbocycles. The maximum Gasteiger partial charge on any atom is 0.255 e. The van der Waals surface area contributed by atoms with Gasteiger partial charge in [0, 0.05) is 15.7 Å². The van der Waals surface area contributed by atoms with Crippen molar-refractivity contribution in [1.29, 1.82) is 0 Å². The predicted octanol–water partition coefficient (Wildman–Crippen LogP) is 3.73. The summed E-state index contributed by atoms with van der Waals surface area (Å²) in [4.78, 5) is 12.1. The molecule has 0 bridgehead atoms. The molecule has 0 aliphatic rings. The van der Waals surface area contributed by atoms with Crippen molar-refractivity contribution in [2.75, 3.05) is 11.1 Å². The third-order valence-corrected chi connectivity index (χ3v) is 3.18. The lowest BCUT2D eigenvalue weighted by atomic mass is 10.1. The van der Waals surface area contributed by atoms with E-state index in [0.717, 1.165) is 10.0 Å². The number of nitrogens with two attached hydrogens (primary N) is 1. The first kappa shape index (κ1) is 13.5. The number of nitrogen functional groups attached to an aromatic ring is 1. The average molecular weight is 323 g/mol. The first-order valence-electron chi connectivity index (χ1n) is 5.60. The molecule has 2 aromatic carbocycles. The van der Waals surface area contributed by atoms with E-state index in [4.69, 9.17) is 5.73 Å². The molecule has 5 heteroatoms. The summed E-state index contributed by atoms with van der Waals surface area (Å²) in [6.45, 7) is 1.84. The van der Waals surface area contributed by atoms with Crippen LogP contribution in [0.3, 0.4) is 0 Å². The maximum absolute atomic E-state index is 13.3. The van der Waals surface area contributed by atoms with Crippen LogP contribution in [0.4, 0.5) is 15.8 Å². The van der Waals surface area contributed by atoms with Gasteiger partial charge in [-0.25, -0.2) is 4.39 Å². The Bertz CT molecular complexity index is 643. The SMILES string of the molecule is Cc1cc(Br)ccc1C(=O)Nc1ccc(N)c(F)c1. The third kappa shape index (κ3) is 3.12. The highest BCUT2D eigenvalue weighted by Gasteiger charge is 2.10. The summed E-state index contributed by atoms with van der Waals surface area (Å²) in [6.07, 6.45) is 0. The molecule has 0 radical (unpaired) electrons. The van der Waals surface area contributed by atoms with Gasteiger partial charge in [-0.3, -0.25) is 4.79 Å². The Morgan fingerprint density at radius 1 is 1.26 bits per heavy atom. The monoisotopic (exact) mass is 322 g/mol. The molecule has 0 aliphatic heterocycles. The Hall–Kier alpha value is -1.88. The number of anilines is 2. The second-order valence-corrected chi connectivity index (χ2v) is 5.07. The van der Waals surface area contributed by atoms with Gasteiger partial charge in [-0.15, -0.1) is 0 Å². The number of rotatable bonds is 2. The molecule has 0 aromatic heterocycles. The van der Waals surface area contributed by atoms with Crippen LogP contribution in [-0.4, -0.2) is 5.91 Å². The molecule has 19 heavy (non-hydrogen) atoms. The molecule has 2 aromatic rings. The van der Waals surface area contributed by atoms with Crippen LogP contribution in [0.5, 0.6) is 0 Å². The summed E-state index contributed by atoms with van der Waals surface area (Å²) < 4.78 is 14.2. The van der Waals surface area contributed by atoms with Crippen LogP contribution in [0.1, 0.15) is 15.9 Å². The van der Waals surface area contributed by atoms with Gasteiger partial charge in [0.2, 0.25) is 0 Å². The quantitative estimate of drug-likeness (QED) is 0.828. The second kappa shape index (κ2) is 5.40. The Labute approximate surface area is 118 Å². The second-order valence-electron chi connectivity index (χ2n) is 4.15. The molecule has 0 saturated heterocycles. The fraction of sp³-hybridized carbons (Fsp3) is 0.0714. The Kier molecular flexibility index (Phi) is 3.85. The summed E-state index contributed by atoms with van der Waals surface area (Å²) in [5, 5.41) is 2.64. The van der Waals surface area contributed by atoms with Crippen molar-refractivity contribution in [3.63, 3.8) is 0 Å². The van der Waals surface area contributed by atoms with E-state index in [1.807, 2.05) is 13.0 Å². The van der Waals surface area contributed by atoms with Crippen molar-refractivity contribution in [3.8, 4) is 0 Å². The van der Waals surface area contributed by atoms with Gasteiger partial charge in [0.15, 0.2) is 0 Å². The zero-order chi connectivity index (χ0) is 14.0. The van der Waals surface area contributed by atoms with Crippen LogP contribution in [-0.2, 0) is 0 Å². The zero-order valence-electron chi connectivity index (χ0n) is 10.2. The first-order valence-corrected chi connectivity index (χ1v) is 6.39. The van der Waals surface area contributed by atoms with E-state index in [9.17, 15) is 9.18 Å². The molecule has 0 atom stereocenters. The van der Waals surface area contributed by atoms with Gasteiger partial charge in [-0.2, -0.15) is 0 Å². The van der Waals surface area contributed by atoms with E-state index in [1.165, 1.54) is 12.1 Å². The van der Waals surface area contributed by atoms with Crippen molar-refractivity contribution in [1.82, 2.24) is 0 Å². The van der Waals surface area contributed by atoms with Crippen LogP contribution < -0.4 is 11.1 Å². The van der Waals surface area contributed by atoms with Crippen molar-refractivity contribution in [3.05, 3.63) is 57.8 Å². The van der Waals surface area contributed by atoms with Crippen LogP contribution in [0.2, 0.25) is 0 Å². The number of benzene rings is 2.